The summed E-state index contributed by atoms with van der Waals surface area (Å²) in [4.78, 5) is 4.02. The third-order valence-corrected chi connectivity index (χ3v) is 3.18. The van der Waals surface area contributed by atoms with Crippen LogP contribution in [0.4, 0.5) is 0 Å². The second-order valence-corrected chi connectivity index (χ2v) is 4.93. The molecular weight excluding hydrogens is 310 g/mol. The summed E-state index contributed by atoms with van der Waals surface area (Å²) in [6, 6.07) is 5.69. The first-order chi connectivity index (χ1) is 11.5. The number of nitrogens with zero attached hydrogens (tertiary/aromatic N) is 1. The molecule has 0 amide bonds. The second kappa shape index (κ2) is 9.50. The third kappa shape index (κ3) is 4.94. The summed E-state index contributed by atoms with van der Waals surface area (Å²) in [6.07, 6.45) is 1.74. The molecular formula is C18H25NO5. The fourth-order valence-electron chi connectivity index (χ4n) is 2.04. The van der Waals surface area contributed by atoms with Gasteiger partial charge in [0, 0.05) is 6.20 Å². The number of hydrogen-bond donors (Lipinski definition) is 0. The average Bonchev–Trinajstić information content (AvgIpc) is 2.61. The lowest BCUT2D eigenvalue weighted by atomic mass is 10.2. The molecule has 0 aliphatic heterocycles. The topological polar surface area (TPSA) is 59.0 Å². The van der Waals surface area contributed by atoms with Gasteiger partial charge in [-0.25, -0.2) is 4.98 Å². The van der Waals surface area contributed by atoms with Crippen LogP contribution in [0.2, 0.25) is 0 Å². The zero-order valence-electron chi connectivity index (χ0n) is 15.3. The summed E-state index contributed by atoms with van der Waals surface area (Å²) in [5.74, 6) is 3.22. The van der Waals surface area contributed by atoms with Crippen molar-refractivity contribution in [2.24, 2.45) is 0 Å². The average molecular weight is 335 g/mol. The number of rotatable bonds is 5. The lowest BCUT2D eigenvalue weighted by molar-refractivity contribution is 0.324. The van der Waals surface area contributed by atoms with Crippen LogP contribution in [0, 0.1) is 13.8 Å². The van der Waals surface area contributed by atoms with E-state index >= 15 is 0 Å². The van der Waals surface area contributed by atoms with Crippen molar-refractivity contribution in [2.45, 2.75) is 13.8 Å². The Morgan fingerprint density at radius 1 is 0.625 bits per heavy atom. The molecule has 1 aromatic heterocycles. The summed E-state index contributed by atoms with van der Waals surface area (Å²) in [7, 11) is 7.97. The molecule has 6 nitrogen and oxygen atoms in total. The molecule has 2 rings (SSSR count). The highest BCUT2D eigenvalue weighted by atomic mass is 16.5. The first kappa shape index (κ1) is 19.4. The Morgan fingerprint density at radius 2 is 1.12 bits per heavy atom. The molecule has 0 spiro atoms. The van der Waals surface area contributed by atoms with Crippen LogP contribution in [0.3, 0.4) is 0 Å². The van der Waals surface area contributed by atoms with E-state index in [9.17, 15) is 0 Å². The highest BCUT2D eigenvalue weighted by Crippen LogP contribution is 2.37. The SMILES string of the molecule is COc1cc(C)cc(OC)c1OC.COc1cc(C)cnc1OC. The van der Waals surface area contributed by atoms with Gasteiger partial charge in [-0.2, -0.15) is 0 Å². The molecule has 0 unspecified atom stereocenters. The first-order valence-corrected chi connectivity index (χ1v) is 7.31. The van der Waals surface area contributed by atoms with E-state index in [1.807, 2.05) is 32.0 Å². The van der Waals surface area contributed by atoms with Gasteiger partial charge in [-0.15, -0.1) is 0 Å². The maximum atomic E-state index is 5.16. The van der Waals surface area contributed by atoms with Crippen molar-refractivity contribution < 1.29 is 23.7 Å². The molecule has 1 heterocycles. The molecule has 0 fully saturated rings. The van der Waals surface area contributed by atoms with Gasteiger partial charge in [0.05, 0.1) is 35.5 Å². The molecule has 0 N–H and O–H groups in total. The Hall–Kier alpha value is -2.63. The van der Waals surface area contributed by atoms with Crippen molar-refractivity contribution in [2.75, 3.05) is 35.5 Å². The highest BCUT2D eigenvalue weighted by Gasteiger charge is 2.10. The Kier molecular flexibility index (Phi) is 7.68. The number of ether oxygens (including phenoxy) is 5. The van der Waals surface area contributed by atoms with E-state index in [4.69, 9.17) is 23.7 Å². The van der Waals surface area contributed by atoms with Crippen LogP contribution in [-0.2, 0) is 0 Å². The summed E-state index contributed by atoms with van der Waals surface area (Å²) in [5, 5.41) is 0. The minimum absolute atomic E-state index is 0.526. The number of methoxy groups -OCH3 is 5. The van der Waals surface area contributed by atoms with Crippen LogP contribution in [0.1, 0.15) is 11.1 Å². The van der Waals surface area contributed by atoms with Gasteiger partial charge in [0.25, 0.3) is 5.88 Å². The van der Waals surface area contributed by atoms with Gasteiger partial charge in [0.15, 0.2) is 17.2 Å². The predicted octanol–water partition coefficient (Wildman–Crippen LogP) is 3.43. The van der Waals surface area contributed by atoms with E-state index in [2.05, 4.69) is 4.98 Å². The molecule has 0 saturated heterocycles. The largest absolute Gasteiger partial charge is 0.493 e. The molecule has 1 aromatic carbocycles. The predicted molar refractivity (Wildman–Crippen MR) is 92.9 cm³/mol. The zero-order valence-corrected chi connectivity index (χ0v) is 15.3. The van der Waals surface area contributed by atoms with E-state index in [1.54, 1.807) is 41.7 Å². The van der Waals surface area contributed by atoms with Gasteiger partial charge in [-0.05, 0) is 43.2 Å². The van der Waals surface area contributed by atoms with Crippen LogP contribution >= 0.6 is 0 Å². The minimum Gasteiger partial charge on any atom is -0.493 e. The molecule has 0 aliphatic rings. The van der Waals surface area contributed by atoms with Gasteiger partial charge >= 0.3 is 0 Å². The quantitative estimate of drug-likeness (QED) is 0.834. The van der Waals surface area contributed by atoms with Crippen LogP contribution < -0.4 is 23.7 Å². The highest BCUT2D eigenvalue weighted by molar-refractivity contribution is 5.53. The third-order valence-electron chi connectivity index (χ3n) is 3.18. The summed E-state index contributed by atoms with van der Waals surface area (Å²) >= 11 is 0. The molecule has 0 saturated carbocycles. The molecule has 2 aromatic rings. The van der Waals surface area contributed by atoms with E-state index in [-0.39, 0.29) is 0 Å². The zero-order chi connectivity index (χ0) is 18.1. The van der Waals surface area contributed by atoms with Gasteiger partial charge in [0.2, 0.25) is 5.75 Å². The lowest BCUT2D eigenvalue weighted by Gasteiger charge is -2.12. The fourth-order valence-corrected chi connectivity index (χ4v) is 2.04. The van der Waals surface area contributed by atoms with E-state index in [0.29, 0.717) is 28.9 Å². The molecule has 0 radical (unpaired) electrons. The number of pyridine rings is 1. The van der Waals surface area contributed by atoms with Crippen molar-refractivity contribution in [3.05, 3.63) is 35.5 Å². The van der Waals surface area contributed by atoms with Crippen molar-refractivity contribution in [1.29, 1.82) is 0 Å². The Labute approximate surface area is 143 Å². The van der Waals surface area contributed by atoms with Gasteiger partial charge in [0.1, 0.15) is 0 Å². The monoisotopic (exact) mass is 335 g/mol. The number of benzene rings is 1. The van der Waals surface area contributed by atoms with Crippen LogP contribution in [0.5, 0.6) is 28.9 Å². The van der Waals surface area contributed by atoms with Crippen LogP contribution in [-0.4, -0.2) is 40.5 Å². The standard InChI is InChI=1S/C10H14O3.C8H11NO2/c1-7-5-8(11-2)10(13-4)9(6-7)12-3;1-6-4-7(10-2)8(11-3)9-5-6/h5-6H,1-4H3;4-5H,1-3H3. The van der Waals surface area contributed by atoms with Crippen molar-refractivity contribution in [3.63, 3.8) is 0 Å². The summed E-state index contributed by atoms with van der Waals surface area (Å²) < 4.78 is 25.5. The molecule has 6 heteroatoms. The van der Waals surface area contributed by atoms with Crippen molar-refractivity contribution in [1.82, 2.24) is 4.98 Å². The number of aromatic nitrogens is 1. The summed E-state index contributed by atoms with van der Waals surface area (Å²) in [6.45, 7) is 3.93. The van der Waals surface area contributed by atoms with Crippen molar-refractivity contribution >= 4 is 0 Å². The minimum atomic E-state index is 0.526. The van der Waals surface area contributed by atoms with Crippen LogP contribution in [0.15, 0.2) is 24.4 Å². The smallest absolute Gasteiger partial charge is 0.256 e. The summed E-state index contributed by atoms with van der Waals surface area (Å²) in [5.41, 5.74) is 2.14. The molecule has 0 atom stereocenters. The maximum Gasteiger partial charge on any atom is 0.256 e. The Bertz CT molecular complexity index is 633. The second-order valence-electron chi connectivity index (χ2n) is 4.93. The molecule has 0 bridgehead atoms. The van der Waals surface area contributed by atoms with Crippen molar-refractivity contribution in [3.8, 4) is 28.9 Å². The molecule has 0 aliphatic carbocycles. The normalized spacial score (nSPS) is 9.46. The molecule has 132 valence electrons. The Morgan fingerprint density at radius 3 is 1.54 bits per heavy atom. The number of hydrogen-bond acceptors (Lipinski definition) is 6. The van der Waals surface area contributed by atoms with E-state index in [1.165, 1.54) is 0 Å². The Balaban J connectivity index is 0.000000243. The van der Waals surface area contributed by atoms with E-state index in [0.717, 1.165) is 11.1 Å². The van der Waals surface area contributed by atoms with Crippen LogP contribution in [0.25, 0.3) is 0 Å². The van der Waals surface area contributed by atoms with Gasteiger partial charge < -0.3 is 23.7 Å². The fraction of sp³-hybridized carbons (Fsp3) is 0.389. The lowest BCUT2D eigenvalue weighted by Crippen LogP contribution is -1.95. The van der Waals surface area contributed by atoms with Gasteiger partial charge in [-0.3, -0.25) is 0 Å². The molecule has 24 heavy (non-hydrogen) atoms. The number of aryl methyl sites for hydroxylation is 2. The maximum absolute atomic E-state index is 5.16. The first-order valence-electron chi connectivity index (χ1n) is 7.31. The van der Waals surface area contributed by atoms with E-state index < -0.39 is 0 Å². The van der Waals surface area contributed by atoms with Gasteiger partial charge in [-0.1, -0.05) is 0 Å².